The monoisotopic (exact) mass is 514 g/mol. The summed E-state index contributed by atoms with van der Waals surface area (Å²) in [5, 5.41) is 1.63. The number of ether oxygens (including phenoxy) is 1. The van der Waals surface area contributed by atoms with Crippen LogP contribution in [0.4, 0.5) is 10.1 Å². The molecule has 1 saturated heterocycles. The molecule has 0 saturated carbocycles. The summed E-state index contributed by atoms with van der Waals surface area (Å²) in [5.74, 6) is 0.00934. The van der Waals surface area contributed by atoms with Gasteiger partial charge in [-0.05, 0) is 72.3 Å². The van der Waals surface area contributed by atoms with Gasteiger partial charge >= 0.3 is 0 Å². The van der Waals surface area contributed by atoms with Crippen molar-refractivity contribution in [1.82, 2.24) is 4.90 Å². The van der Waals surface area contributed by atoms with Gasteiger partial charge in [0.25, 0.3) is 5.91 Å². The first-order chi connectivity index (χ1) is 16.4. The molecule has 4 nitrogen and oxygen atoms in total. The topological polar surface area (TPSA) is 41.9 Å². The number of nitrogens with zero attached hydrogens (tertiary/aromatic N) is 2. The van der Waals surface area contributed by atoms with Crippen molar-refractivity contribution in [2.45, 2.75) is 20.0 Å². The molecular formula is C26H21Cl2FN2O2S. The minimum atomic E-state index is -0.329. The van der Waals surface area contributed by atoms with Gasteiger partial charge in [-0.25, -0.2) is 9.38 Å². The second-order valence-electron chi connectivity index (χ2n) is 7.51. The first-order valence-electron chi connectivity index (χ1n) is 10.7. The van der Waals surface area contributed by atoms with Crippen molar-refractivity contribution in [1.29, 1.82) is 0 Å². The zero-order valence-corrected chi connectivity index (χ0v) is 20.6. The smallest absolute Gasteiger partial charge is 0.266 e. The number of thioether (sulfide) groups is 1. The second-order valence-corrected chi connectivity index (χ2v) is 9.36. The highest BCUT2D eigenvalue weighted by Crippen LogP contribution is 2.35. The van der Waals surface area contributed by atoms with E-state index in [1.165, 1.54) is 17.8 Å². The average molecular weight is 515 g/mol. The number of aliphatic imine (C=N–C) groups is 1. The Hall–Kier alpha value is -2.80. The van der Waals surface area contributed by atoms with Crippen molar-refractivity contribution in [2.24, 2.45) is 4.99 Å². The van der Waals surface area contributed by atoms with Gasteiger partial charge < -0.3 is 4.74 Å². The van der Waals surface area contributed by atoms with Crippen molar-refractivity contribution in [2.75, 3.05) is 6.54 Å². The van der Waals surface area contributed by atoms with E-state index in [0.717, 1.165) is 17.7 Å². The number of amidine groups is 1. The largest absolute Gasteiger partial charge is 0.487 e. The molecule has 0 N–H and O–H groups in total. The summed E-state index contributed by atoms with van der Waals surface area (Å²) < 4.78 is 19.5. The third-order valence-electron chi connectivity index (χ3n) is 4.98. The van der Waals surface area contributed by atoms with E-state index in [4.69, 9.17) is 27.9 Å². The van der Waals surface area contributed by atoms with Gasteiger partial charge in [0.1, 0.15) is 18.2 Å². The summed E-state index contributed by atoms with van der Waals surface area (Å²) in [6.45, 7) is 2.65. The molecule has 1 aliphatic rings. The van der Waals surface area contributed by atoms with Crippen LogP contribution in [0.15, 0.2) is 76.6 Å². The van der Waals surface area contributed by atoms with E-state index in [1.807, 2.05) is 25.1 Å². The normalized spacial score (nSPS) is 16.0. The molecule has 174 valence electrons. The Bertz CT molecular complexity index is 1260. The van der Waals surface area contributed by atoms with Crippen LogP contribution in [-0.2, 0) is 11.4 Å². The Morgan fingerprint density at radius 2 is 1.85 bits per heavy atom. The van der Waals surface area contributed by atoms with E-state index < -0.39 is 0 Å². The number of hydrogen-bond donors (Lipinski definition) is 0. The summed E-state index contributed by atoms with van der Waals surface area (Å²) in [7, 11) is 0. The molecule has 1 aliphatic heterocycles. The Morgan fingerprint density at radius 1 is 1.09 bits per heavy atom. The number of benzene rings is 3. The predicted molar refractivity (Wildman–Crippen MR) is 138 cm³/mol. The Kier molecular flexibility index (Phi) is 7.93. The SMILES string of the molecule is CCCN1C(=O)/C(=C/c2ccc(OCc3ccccc3F)c(Cl)c2)SC1=Nc1ccc(Cl)cc1. The van der Waals surface area contributed by atoms with Gasteiger partial charge in [-0.3, -0.25) is 9.69 Å². The van der Waals surface area contributed by atoms with E-state index in [-0.39, 0.29) is 18.3 Å². The summed E-state index contributed by atoms with van der Waals surface area (Å²) in [6, 6.07) is 18.8. The Morgan fingerprint density at radius 3 is 2.56 bits per heavy atom. The van der Waals surface area contributed by atoms with E-state index in [2.05, 4.69) is 4.99 Å². The number of carbonyl (C=O) groups is 1. The fourth-order valence-corrected chi connectivity index (χ4v) is 4.68. The lowest BCUT2D eigenvalue weighted by Crippen LogP contribution is -2.29. The van der Waals surface area contributed by atoms with E-state index >= 15 is 0 Å². The van der Waals surface area contributed by atoms with Crippen LogP contribution < -0.4 is 4.74 Å². The van der Waals surface area contributed by atoms with E-state index in [9.17, 15) is 9.18 Å². The van der Waals surface area contributed by atoms with Crippen molar-refractivity contribution < 1.29 is 13.9 Å². The van der Waals surface area contributed by atoms with Gasteiger partial charge in [-0.15, -0.1) is 0 Å². The van der Waals surface area contributed by atoms with E-state index in [0.29, 0.717) is 38.0 Å². The second kappa shape index (κ2) is 11.1. The van der Waals surface area contributed by atoms with Gasteiger partial charge in [-0.2, -0.15) is 0 Å². The molecule has 0 aliphatic carbocycles. The molecule has 0 unspecified atom stereocenters. The Balaban J connectivity index is 1.53. The maximum Gasteiger partial charge on any atom is 0.266 e. The molecule has 3 aromatic carbocycles. The first kappa shape index (κ1) is 24.3. The van der Waals surface area contributed by atoms with Gasteiger partial charge in [0.15, 0.2) is 5.17 Å². The summed E-state index contributed by atoms with van der Waals surface area (Å²) in [4.78, 5) is 19.9. The lowest BCUT2D eigenvalue weighted by Gasteiger charge is -2.13. The standard InChI is InChI=1S/C26H21Cl2FN2O2S/c1-2-13-31-25(32)24(34-26(31)30-20-10-8-19(27)9-11-20)15-17-7-12-23(21(28)14-17)33-16-18-5-3-4-6-22(18)29/h3-12,14-15H,2,13,16H2,1H3/b24-15-,30-26?. The quantitative estimate of drug-likeness (QED) is 0.303. The molecule has 34 heavy (non-hydrogen) atoms. The zero-order chi connectivity index (χ0) is 24.1. The van der Waals surface area contributed by atoms with E-state index in [1.54, 1.807) is 53.4 Å². The summed E-state index contributed by atoms with van der Waals surface area (Å²) >= 11 is 13.7. The van der Waals surface area contributed by atoms with Gasteiger partial charge in [0.05, 0.1) is 15.6 Å². The molecule has 0 spiro atoms. The maximum atomic E-state index is 13.8. The minimum Gasteiger partial charge on any atom is -0.487 e. The molecule has 0 bridgehead atoms. The van der Waals surface area contributed by atoms with Crippen molar-refractivity contribution in [3.63, 3.8) is 0 Å². The molecule has 0 aromatic heterocycles. The van der Waals surface area contributed by atoms with Crippen LogP contribution in [0.5, 0.6) is 5.75 Å². The summed E-state index contributed by atoms with van der Waals surface area (Å²) in [5.41, 5.74) is 1.92. The zero-order valence-electron chi connectivity index (χ0n) is 18.3. The fourth-order valence-electron chi connectivity index (χ4n) is 3.28. The highest BCUT2D eigenvalue weighted by molar-refractivity contribution is 8.18. The minimum absolute atomic E-state index is 0.0671. The fraction of sp³-hybridized carbons (Fsp3) is 0.154. The molecule has 1 heterocycles. The lowest BCUT2D eigenvalue weighted by atomic mass is 10.2. The molecule has 4 rings (SSSR count). The molecule has 1 fully saturated rings. The molecule has 0 atom stereocenters. The Labute approximate surface area is 212 Å². The number of hydrogen-bond acceptors (Lipinski definition) is 4. The van der Waals surface area contributed by atoms with Crippen LogP contribution in [0.1, 0.15) is 24.5 Å². The molecule has 1 amide bonds. The van der Waals surface area contributed by atoms with Crippen LogP contribution in [0.2, 0.25) is 10.0 Å². The number of carbonyl (C=O) groups excluding carboxylic acids is 1. The van der Waals surface area contributed by atoms with Crippen LogP contribution >= 0.6 is 35.0 Å². The van der Waals surface area contributed by atoms with Crippen LogP contribution in [0, 0.1) is 5.82 Å². The lowest BCUT2D eigenvalue weighted by molar-refractivity contribution is -0.122. The van der Waals surface area contributed by atoms with Gasteiger partial charge in [0, 0.05) is 17.1 Å². The predicted octanol–water partition coefficient (Wildman–Crippen LogP) is 7.73. The molecule has 8 heteroatoms. The third kappa shape index (κ3) is 5.81. The van der Waals surface area contributed by atoms with Crippen LogP contribution in [-0.4, -0.2) is 22.5 Å². The number of halogens is 3. The number of amides is 1. The van der Waals surface area contributed by atoms with Crippen molar-refractivity contribution >= 4 is 57.8 Å². The highest BCUT2D eigenvalue weighted by Gasteiger charge is 2.32. The number of rotatable bonds is 7. The molecular weight excluding hydrogens is 494 g/mol. The maximum absolute atomic E-state index is 13.8. The average Bonchev–Trinajstić information content (AvgIpc) is 3.10. The van der Waals surface area contributed by atoms with Crippen LogP contribution in [0.25, 0.3) is 6.08 Å². The van der Waals surface area contributed by atoms with Crippen molar-refractivity contribution in [3.05, 3.63) is 98.6 Å². The highest BCUT2D eigenvalue weighted by atomic mass is 35.5. The first-order valence-corrected chi connectivity index (χ1v) is 12.2. The molecule has 0 radical (unpaired) electrons. The van der Waals surface area contributed by atoms with Gasteiger partial charge in [0.2, 0.25) is 0 Å². The van der Waals surface area contributed by atoms with Gasteiger partial charge in [-0.1, -0.05) is 54.4 Å². The van der Waals surface area contributed by atoms with Crippen molar-refractivity contribution in [3.8, 4) is 5.75 Å². The molecule has 3 aromatic rings. The third-order valence-corrected chi connectivity index (χ3v) is 6.54. The summed E-state index contributed by atoms with van der Waals surface area (Å²) in [6.07, 6.45) is 2.59. The van der Waals surface area contributed by atoms with Crippen LogP contribution in [0.3, 0.4) is 0 Å².